The van der Waals surface area contributed by atoms with Gasteiger partial charge in [-0.25, -0.2) is 4.99 Å². The molecule has 0 bridgehead atoms. The Kier molecular flexibility index (Phi) is 4.54. The maximum Gasteiger partial charge on any atom is 0.343 e. The van der Waals surface area contributed by atoms with Crippen LogP contribution < -0.4 is 20.2 Å². The second-order valence-electron chi connectivity index (χ2n) is 6.94. The van der Waals surface area contributed by atoms with Crippen LogP contribution in [0.3, 0.4) is 0 Å². The lowest BCUT2D eigenvalue weighted by Crippen LogP contribution is -2.91. The predicted molar refractivity (Wildman–Crippen MR) is 99.1 cm³/mol. The molecule has 0 amide bonds. The minimum Gasteiger partial charge on any atom is -0.497 e. The average molecular weight is 385 g/mol. The number of nitrogens with zero attached hydrogens (tertiary/aromatic N) is 2. The highest BCUT2D eigenvalue weighted by Crippen LogP contribution is 2.83. The van der Waals surface area contributed by atoms with Crippen LogP contribution in [0.5, 0.6) is 11.5 Å². The van der Waals surface area contributed by atoms with Gasteiger partial charge in [-0.15, -0.1) is 0 Å². The first-order valence-corrected chi connectivity index (χ1v) is 9.10. The van der Waals surface area contributed by atoms with Crippen molar-refractivity contribution in [3.63, 3.8) is 0 Å². The number of nitriles is 2. The summed E-state index contributed by atoms with van der Waals surface area (Å²) in [5, 5.41) is 20.7. The van der Waals surface area contributed by atoms with Crippen molar-refractivity contribution in [2.75, 3.05) is 27.4 Å². The number of rotatable bonds is 7. The Morgan fingerprint density at radius 2 is 1.71 bits per heavy atom. The fourth-order valence-electron chi connectivity index (χ4n) is 5.00. The highest BCUT2D eigenvalue weighted by Gasteiger charge is 3.03. The Hall–Kier alpha value is -2.81. The van der Waals surface area contributed by atoms with Gasteiger partial charge in [0.1, 0.15) is 11.5 Å². The zero-order chi connectivity index (χ0) is 20.8. The van der Waals surface area contributed by atoms with Crippen LogP contribution in [0, 0.1) is 33.5 Å². The summed E-state index contributed by atoms with van der Waals surface area (Å²) in [4.78, 5) is 2.98. The monoisotopic (exact) mass is 385 g/mol. The molecule has 2 aliphatic rings. The Morgan fingerprint density at radius 1 is 1.07 bits per heavy atom. The maximum absolute atomic E-state index is 10.4. The van der Waals surface area contributed by atoms with Gasteiger partial charge in [-0.1, -0.05) is 6.92 Å². The van der Waals surface area contributed by atoms with Crippen LogP contribution >= 0.6 is 0 Å². The van der Waals surface area contributed by atoms with Gasteiger partial charge in [0, 0.05) is 5.56 Å². The molecule has 28 heavy (non-hydrogen) atoms. The molecular weight excluding hydrogens is 360 g/mol. The number of nitrogens with one attached hydrogen (secondary N) is 1. The summed E-state index contributed by atoms with van der Waals surface area (Å²) in [6.07, 6.45) is 0. The highest BCUT2D eigenvalue weighted by molar-refractivity contribution is 5.97. The van der Waals surface area contributed by atoms with Crippen molar-refractivity contribution >= 4 is 5.84 Å². The smallest absolute Gasteiger partial charge is 0.343 e. The van der Waals surface area contributed by atoms with E-state index in [0.717, 1.165) is 0 Å². The van der Waals surface area contributed by atoms with Gasteiger partial charge in [0.2, 0.25) is 0 Å². The number of benzene rings is 1. The Bertz CT molecular complexity index is 912. The molecule has 1 aliphatic carbocycles. The van der Waals surface area contributed by atoms with E-state index in [0.29, 0.717) is 17.1 Å². The first-order chi connectivity index (χ1) is 13.4. The molecule has 1 aliphatic heterocycles. The Labute approximate surface area is 164 Å². The zero-order valence-corrected chi connectivity index (χ0v) is 16.8. The fraction of sp³-hybridized carbons (Fsp3) is 0.550. The van der Waals surface area contributed by atoms with Gasteiger partial charge in [0.05, 0.1) is 45.0 Å². The first-order valence-electron chi connectivity index (χ1n) is 9.10. The third-order valence-electron chi connectivity index (χ3n) is 6.17. The number of ether oxygens (including phenoxy) is 4. The summed E-state index contributed by atoms with van der Waals surface area (Å²) in [5.41, 5.74) is 3.09. The molecule has 0 aromatic heterocycles. The topological polar surface area (TPSA) is 124 Å². The lowest BCUT2D eigenvalue weighted by molar-refractivity contribution is -0.694. The van der Waals surface area contributed by atoms with Crippen molar-refractivity contribution in [3.8, 4) is 23.6 Å². The normalized spacial score (nSPS) is 31.9. The number of methoxy groups -OCH3 is 2. The van der Waals surface area contributed by atoms with E-state index in [1.165, 1.54) is 7.11 Å². The van der Waals surface area contributed by atoms with Gasteiger partial charge in [-0.2, -0.15) is 10.5 Å². The lowest BCUT2D eigenvalue weighted by atomic mass is 9.83. The van der Waals surface area contributed by atoms with Crippen LogP contribution in [0.15, 0.2) is 18.2 Å². The van der Waals surface area contributed by atoms with Crippen LogP contribution in [0.4, 0.5) is 0 Å². The lowest BCUT2D eigenvalue weighted by Gasteiger charge is -2.32. The third kappa shape index (κ3) is 1.82. The van der Waals surface area contributed by atoms with Gasteiger partial charge in [0.15, 0.2) is 10.8 Å². The summed E-state index contributed by atoms with van der Waals surface area (Å²) in [6, 6.07) is 9.92. The van der Waals surface area contributed by atoms with E-state index in [4.69, 9.17) is 24.7 Å². The number of hydrogen-bond acceptors (Lipinski definition) is 7. The standard InChI is InChI=1S/C20H24N4O4/c1-6-27-20(28-7-2)19(12-22)17(3,18(19,11-21)16(23)24-20)14-10-13(25-4)8-9-15(14)26-5/h8-10H,6-7H2,1-5H3,(H2,23,24)/p+1/t17-,18-,19+/m0/s1. The summed E-state index contributed by atoms with van der Waals surface area (Å²) in [6.45, 7) is 5.92. The number of fused-ring (bicyclic) bond motifs is 1. The van der Waals surface area contributed by atoms with Crippen molar-refractivity contribution in [2.24, 2.45) is 16.6 Å². The summed E-state index contributed by atoms with van der Waals surface area (Å²) >= 11 is 0. The van der Waals surface area contributed by atoms with Crippen LogP contribution in [0.1, 0.15) is 26.3 Å². The number of nitrogens with two attached hydrogens (primary N) is 1. The van der Waals surface area contributed by atoms with E-state index in [1.807, 2.05) is 6.92 Å². The Balaban J connectivity index is 2.37. The van der Waals surface area contributed by atoms with Gasteiger partial charge in [-0.05, 0) is 32.0 Å². The Morgan fingerprint density at radius 3 is 2.18 bits per heavy atom. The van der Waals surface area contributed by atoms with Crippen molar-refractivity contribution < 1.29 is 23.9 Å². The van der Waals surface area contributed by atoms with Crippen LogP contribution in [0.25, 0.3) is 0 Å². The van der Waals surface area contributed by atoms with E-state index in [1.54, 1.807) is 39.2 Å². The first kappa shape index (κ1) is 19.9. The van der Waals surface area contributed by atoms with Crippen molar-refractivity contribution in [3.05, 3.63) is 23.8 Å². The molecule has 148 valence electrons. The second kappa shape index (κ2) is 6.37. The van der Waals surface area contributed by atoms with E-state index in [9.17, 15) is 10.5 Å². The van der Waals surface area contributed by atoms with Gasteiger partial charge >= 0.3 is 5.91 Å². The summed E-state index contributed by atoms with van der Waals surface area (Å²) in [7, 11) is 3.09. The van der Waals surface area contributed by atoms with Crippen LogP contribution in [0.2, 0.25) is 0 Å². The summed E-state index contributed by atoms with van der Waals surface area (Å²) in [5.74, 6) is -0.316. The van der Waals surface area contributed by atoms with Crippen molar-refractivity contribution in [2.45, 2.75) is 32.1 Å². The molecule has 1 aromatic carbocycles. The highest BCUT2D eigenvalue weighted by atomic mass is 16.7. The molecule has 0 radical (unpaired) electrons. The second-order valence-corrected chi connectivity index (χ2v) is 6.94. The maximum atomic E-state index is 10.4. The zero-order valence-electron chi connectivity index (χ0n) is 16.8. The van der Waals surface area contributed by atoms with Crippen molar-refractivity contribution in [1.29, 1.82) is 10.5 Å². The molecule has 0 unspecified atom stereocenters. The quantitative estimate of drug-likeness (QED) is 0.641. The van der Waals surface area contributed by atoms with Crippen molar-refractivity contribution in [1.82, 2.24) is 0 Å². The van der Waals surface area contributed by atoms with Gasteiger partial charge < -0.3 is 18.9 Å². The van der Waals surface area contributed by atoms with Crippen LogP contribution in [-0.2, 0) is 14.9 Å². The van der Waals surface area contributed by atoms with E-state index >= 15 is 0 Å². The van der Waals surface area contributed by atoms with E-state index < -0.39 is 22.2 Å². The van der Waals surface area contributed by atoms with E-state index in [-0.39, 0.29) is 19.0 Å². The third-order valence-corrected chi connectivity index (χ3v) is 6.17. The van der Waals surface area contributed by atoms with E-state index in [2.05, 4.69) is 17.1 Å². The molecule has 3 atom stereocenters. The molecule has 1 aromatic rings. The minimum absolute atomic E-state index is 0.144. The molecule has 3 rings (SSSR count). The molecule has 3 N–H and O–H groups in total. The fourth-order valence-corrected chi connectivity index (χ4v) is 5.00. The molecule has 1 saturated carbocycles. The molecule has 8 nitrogen and oxygen atoms in total. The summed E-state index contributed by atoms with van der Waals surface area (Å²) < 4.78 is 22.8. The van der Waals surface area contributed by atoms with Gasteiger partial charge in [-0.3, -0.25) is 5.73 Å². The largest absolute Gasteiger partial charge is 0.497 e. The molecule has 8 heteroatoms. The number of amidine groups is 1. The molecule has 0 spiro atoms. The molecule has 1 fully saturated rings. The SMILES string of the molecule is CCOC1(OCC)[NH+]=C(N)[C@@]2(C#N)[C@](C)(c3cc(OC)ccc3OC)[C@@]12C#N. The minimum atomic E-state index is -1.56. The molecule has 1 heterocycles. The molecular formula is C20H25N4O4+. The average Bonchev–Trinajstić information content (AvgIpc) is 3.13. The molecule has 0 saturated heterocycles. The van der Waals surface area contributed by atoms with Gasteiger partial charge in [0.25, 0.3) is 5.84 Å². The van der Waals surface area contributed by atoms with Crippen LogP contribution in [-0.4, -0.2) is 39.2 Å². The predicted octanol–water partition coefficient (Wildman–Crippen LogP) is 0.173. The number of hydrogen-bond donors (Lipinski definition) is 2.